The number of halogens is 1. The van der Waals surface area contributed by atoms with E-state index in [9.17, 15) is 4.79 Å². The fraction of sp³-hybridized carbons (Fsp3) is 0.0625. The summed E-state index contributed by atoms with van der Waals surface area (Å²) in [7, 11) is 1.67. The number of hydrogen-bond donors (Lipinski definition) is 0. The molecular weight excluding hydrogens is 387 g/mol. The SMILES string of the molecule is COc1cccc([Te]c2cccc(/C=C\C(=O)Cl)c2)c1. The number of carbonyl (C=O) groups excluding carboxylic acids is 1. The van der Waals surface area contributed by atoms with E-state index in [0.29, 0.717) is 0 Å². The van der Waals surface area contributed by atoms with Crippen molar-refractivity contribution < 1.29 is 9.53 Å². The van der Waals surface area contributed by atoms with Gasteiger partial charge in [0, 0.05) is 0 Å². The number of allylic oxidation sites excluding steroid dienone is 1. The molecule has 20 heavy (non-hydrogen) atoms. The molecule has 0 amide bonds. The first-order valence-electron chi connectivity index (χ1n) is 5.97. The summed E-state index contributed by atoms with van der Waals surface area (Å²) in [5.74, 6) is 0.886. The molecule has 0 saturated heterocycles. The Hall–Kier alpha value is -1.27. The third-order valence-corrected chi connectivity index (χ3v) is 5.46. The molecule has 4 heteroatoms. The van der Waals surface area contributed by atoms with E-state index in [1.165, 1.54) is 13.3 Å². The van der Waals surface area contributed by atoms with Gasteiger partial charge in [-0.25, -0.2) is 0 Å². The van der Waals surface area contributed by atoms with Gasteiger partial charge >= 0.3 is 134 Å². The molecule has 0 aliphatic carbocycles. The normalized spacial score (nSPS) is 10.7. The predicted molar refractivity (Wildman–Crippen MR) is 84.4 cm³/mol. The fourth-order valence-electron chi connectivity index (χ4n) is 1.64. The zero-order chi connectivity index (χ0) is 14.4. The molecule has 0 aliphatic heterocycles. The molecule has 0 fully saturated rings. The maximum absolute atomic E-state index is 10.7. The van der Waals surface area contributed by atoms with E-state index in [0.717, 1.165) is 11.3 Å². The number of benzene rings is 2. The average Bonchev–Trinajstić information content (AvgIpc) is 2.46. The van der Waals surface area contributed by atoms with Gasteiger partial charge < -0.3 is 0 Å². The van der Waals surface area contributed by atoms with Crippen molar-refractivity contribution in [2.45, 2.75) is 0 Å². The molecule has 0 aromatic heterocycles. The van der Waals surface area contributed by atoms with Gasteiger partial charge in [0.2, 0.25) is 0 Å². The Labute approximate surface area is 133 Å². The molecule has 102 valence electrons. The zero-order valence-electron chi connectivity index (χ0n) is 10.9. The minimum atomic E-state index is -0.467. The van der Waals surface area contributed by atoms with E-state index in [1.807, 2.05) is 24.3 Å². The van der Waals surface area contributed by atoms with Crippen LogP contribution in [0.3, 0.4) is 0 Å². The van der Waals surface area contributed by atoms with Crippen LogP contribution < -0.4 is 12.0 Å². The summed E-state index contributed by atoms with van der Waals surface area (Å²) >= 11 is 4.83. The van der Waals surface area contributed by atoms with Crippen LogP contribution in [-0.2, 0) is 4.79 Å². The van der Waals surface area contributed by atoms with E-state index in [1.54, 1.807) is 13.2 Å². The first kappa shape index (κ1) is 15.1. The molecule has 0 N–H and O–H groups in total. The van der Waals surface area contributed by atoms with Gasteiger partial charge in [-0.15, -0.1) is 0 Å². The van der Waals surface area contributed by atoms with Crippen molar-refractivity contribution in [2.75, 3.05) is 7.11 Å². The zero-order valence-corrected chi connectivity index (χ0v) is 14.0. The first-order chi connectivity index (χ1) is 9.67. The van der Waals surface area contributed by atoms with E-state index in [4.69, 9.17) is 16.3 Å². The van der Waals surface area contributed by atoms with Crippen molar-refractivity contribution in [1.82, 2.24) is 0 Å². The Kier molecular flexibility index (Phi) is 5.67. The second-order valence-electron chi connectivity index (χ2n) is 3.99. The molecule has 2 aromatic carbocycles. The van der Waals surface area contributed by atoms with Crippen LogP contribution in [0.5, 0.6) is 5.75 Å². The van der Waals surface area contributed by atoms with E-state index in [2.05, 4.69) is 24.3 Å². The number of rotatable bonds is 5. The third kappa shape index (κ3) is 4.68. The van der Waals surface area contributed by atoms with Crippen molar-refractivity contribution in [1.29, 1.82) is 0 Å². The molecule has 0 saturated carbocycles. The number of ether oxygens (including phenoxy) is 1. The summed E-state index contributed by atoms with van der Waals surface area (Å²) in [5.41, 5.74) is 0.990. The second kappa shape index (κ2) is 7.50. The van der Waals surface area contributed by atoms with Crippen LogP contribution in [0.4, 0.5) is 0 Å². The maximum atomic E-state index is 10.7. The van der Waals surface area contributed by atoms with Crippen LogP contribution in [0.25, 0.3) is 6.08 Å². The molecule has 2 aromatic rings. The number of methoxy groups -OCH3 is 1. The van der Waals surface area contributed by atoms with Crippen LogP contribution in [0.1, 0.15) is 5.56 Å². The summed E-state index contributed by atoms with van der Waals surface area (Å²) < 4.78 is 7.85. The summed E-state index contributed by atoms with van der Waals surface area (Å²) in [4.78, 5) is 10.7. The number of hydrogen-bond acceptors (Lipinski definition) is 2. The van der Waals surface area contributed by atoms with Gasteiger partial charge in [-0.3, -0.25) is 0 Å². The van der Waals surface area contributed by atoms with Gasteiger partial charge in [0.05, 0.1) is 0 Å². The van der Waals surface area contributed by atoms with Gasteiger partial charge in [0.25, 0.3) is 0 Å². The van der Waals surface area contributed by atoms with E-state index < -0.39 is 26.2 Å². The van der Waals surface area contributed by atoms with Crippen LogP contribution >= 0.6 is 11.6 Å². The van der Waals surface area contributed by atoms with Gasteiger partial charge in [-0.1, -0.05) is 0 Å². The summed E-state index contributed by atoms with van der Waals surface area (Å²) in [6.07, 6.45) is 3.10. The topological polar surface area (TPSA) is 26.3 Å². The average molecular weight is 400 g/mol. The molecule has 0 spiro atoms. The molecule has 0 unspecified atom stereocenters. The molecule has 2 rings (SSSR count). The Balaban J connectivity index is 2.16. The first-order valence-corrected chi connectivity index (χ1v) is 8.68. The number of carbonyl (C=O) groups is 1. The molecule has 0 heterocycles. The van der Waals surface area contributed by atoms with Crippen LogP contribution in [0, 0.1) is 0 Å². The molecule has 0 aliphatic rings. The Morgan fingerprint density at radius 3 is 2.55 bits per heavy atom. The van der Waals surface area contributed by atoms with Crippen LogP contribution in [0.2, 0.25) is 0 Å². The van der Waals surface area contributed by atoms with Crippen molar-refractivity contribution in [3.8, 4) is 5.75 Å². The summed E-state index contributed by atoms with van der Waals surface area (Å²) in [6.45, 7) is 0. The van der Waals surface area contributed by atoms with Crippen LogP contribution in [-0.4, -0.2) is 33.3 Å². The Morgan fingerprint density at radius 2 is 1.85 bits per heavy atom. The van der Waals surface area contributed by atoms with Gasteiger partial charge in [-0.05, 0) is 0 Å². The summed E-state index contributed by atoms with van der Waals surface area (Å²) in [6, 6.07) is 16.3. The monoisotopic (exact) mass is 402 g/mol. The predicted octanol–water partition coefficient (Wildman–Crippen LogP) is 2.13. The molecule has 2 nitrogen and oxygen atoms in total. The summed E-state index contributed by atoms with van der Waals surface area (Å²) in [5, 5.41) is -0.459. The van der Waals surface area contributed by atoms with E-state index in [-0.39, 0.29) is 0 Å². The van der Waals surface area contributed by atoms with Crippen molar-refractivity contribution in [3.63, 3.8) is 0 Å². The third-order valence-electron chi connectivity index (χ3n) is 2.54. The fourth-order valence-corrected chi connectivity index (χ4v) is 4.38. The van der Waals surface area contributed by atoms with E-state index >= 15 is 0 Å². The van der Waals surface area contributed by atoms with Gasteiger partial charge in [-0.2, -0.15) is 0 Å². The molecule has 0 atom stereocenters. The minimum absolute atomic E-state index is 0.459. The van der Waals surface area contributed by atoms with Gasteiger partial charge in [0.1, 0.15) is 0 Å². The Morgan fingerprint density at radius 1 is 1.15 bits per heavy atom. The molecule has 0 radical (unpaired) electrons. The quantitative estimate of drug-likeness (QED) is 0.437. The standard InChI is InChI=1S/C16H13ClO2Te/c1-19-13-5-3-7-15(11-13)20-14-6-2-4-12(10-14)8-9-16(17)18/h2-11H,1H3/b9-8-. The van der Waals surface area contributed by atoms with Crippen molar-refractivity contribution >= 4 is 51.1 Å². The second-order valence-corrected chi connectivity index (χ2v) is 7.64. The molecular formula is C16H13ClO2Te. The van der Waals surface area contributed by atoms with Crippen molar-refractivity contribution in [2.24, 2.45) is 0 Å². The van der Waals surface area contributed by atoms with Gasteiger partial charge in [0.15, 0.2) is 0 Å². The van der Waals surface area contributed by atoms with Crippen LogP contribution in [0.15, 0.2) is 54.6 Å². The Bertz CT molecular complexity index is 638. The molecule has 0 bridgehead atoms. The van der Waals surface area contributed by atoms with Crippen molar-refractivity contribution in [3.05, 3.63) is 60.2 Å².